The minimum absolute atomic E-state index is 0.289. The number of piperazine rings is 1. The van der Waals surface area contributed by atoms with E-state index >= 15 is 0 Å². The van der Waals surface area contributed by atoms with Crippen LogP contribution < -0.4 is 10.2 Å². The topological polar surface area (TPSA) is 68.7 Å². The van der Waals surface area contributed by atoms with Crippen LogP contribution in [0.15, 0.2) is 59.0 Å². The van der Waals surface area contributed by atoms with E-state index in [0.29, 0.717) is 18.7 Å². The highest BCUT2D eigenvalue weighted by Gasteiger charge is 2.20. The summed E-state index contributed by atoms with van der Waals surface area (Å²) in [7, 11) is 1.64. The number of aromatic amines is 1. The second-order valence-electron chi connectivity index (χ2n) is 8.15. The first-order valence-electron chi connectivity index (χ1n) is 11.9. The minimum Gasteiger partial charge on any atom is -0.367 e. The largest absolute Gasteiger partial charge is 0.367 e. The van der Waals surface area contributed by atoms with E-state index in [1.54, 1.807) is 19.3 Å². The summed E-state index contributed by atoms with van der Waals surface area (Å²) in [6.45, 7) is 8.73. The number of halogens is 2. The summed E-state index contributed by atoms with van der Waals surface area (Å²) < 4.78 is 29.2. The van der Waals surface area contributed by atoms with E-state index in [0.717, 1.165) is 52.1 Å². The van der Waals surface area contributed by atoms with E-state index in [-0.39, 0.29) is 5.69 Å². The highest BCUT2D eigenvalue weighted by atomic mass is 19.2. The summed E-state index contributed by atoms with van der Waals surface area (Å²) >= 11 is 0. The van der Waals surface area contributed by atoms with E-state index in [9.17, 15) is 8.78 Å². The number of aryl methyl sites for hydroxylation is 1. The molecule has 1 saturated heterocycles. The fourth-order valence-electron chi connectivity index (χ4n) is 4.32. The minimum atomic E-state index is -0.855. The number of azo groups is 1. The van der Waals surface area contributed by atoms with Crippen molar-refractivity contribution < 1.29 is 8.78 Å². The van der Waals surface area contributed by atoms with Gasteiger partial charge in [-0.15, -0.1) is 0 Å². The molecular formula is C27H30F2N6. The number of pyridine rings is 1. The van der Waals surface area contributed by atoms with Gasteiger partial charge < -0.3 is 15.2 Å². The zero-order valence-corrected chi connectivity index (χ0v) is 20.5. The Kier molecular flexibility index (Phi) is 7.51. The molecule has 4 aromatic rings. The van der Waals surface area contributed by atoms with Gasteiger partial charge in [0.05, 0.1) is 11.4 Å². The second-order valence-corrected chi connectivity index (χ2v) is 8.15. The monoisotopic (exact) mass is 476 g/mol. The lowest BCUT2D eigenvalue weighted by atomic mass is 10.00. The molecule has 1 aliphatic rings. The lowest BCUT2D eigenvalue weighted by Gasteiger charge is -2.30. The van der Waals surface area contributed by atoms with Crippen LogP contribution in [0.25, 0.3) is 33.3 Å². The van der Waals surface area contributed by atoms with Crippen molar-refractivity contribution in [3.05, 3.63) is 66.0 Å². The van der Waals surface area contributed by atoms with Gasteiger partial charge >= 0.3 is 0 Å². The van der Waals surface area contributed by atoms with Crippen LogP contribution in [0, 0.1) is 18.6 Å². The molecule has 5 rings (SSSR count). The third-order valence-corrected chi connectivity index (χ3v) is 6.05. The summed E-state index contributed by atoms with van der Waals surface area (Å²) in [4.78, 5) is 9.62. The molecule has 0 spiro atoms. The van der Waals surface area contributed by atoms with Gasteiger partial charge in [-0.1, -0.05) is 19.9 Å². The van der Waals surface area contributed by atoms with Gasteiger partial charge in [-0.3, -0.25) is 0 Å². The maximum atomic E-state index is 14.6. The van der Waals surface area contributed by atoms with Crippen molar-refractivity contribution in [1.29, 1.82) is 0 Å². The number of hydrogen-bond donors (Lipinski definition) is 2. The number of hydrogen-bond acceptors (Lipinski definition) is 5. The van der Waals surface area contributed by atoms with Crippen molar-refractivity contribution in [2.45, 2.75) is 20.8 Å². The fourth-order valence-corrected chi connectivity index (χ4v) is 4.32. The highest BCUT2D eigenvalue weighted by Crippen LogP contribution is 2.35. The van der Waals surface area contributed by atoms with E-state index in [1.165, 1.54) is 6.07 Å². The van der Waals surface area contributed by atoms with Gasteiger partial charge in [-0.05, 0) is 53.9 Å². The molecule has 8 heteroatoms. The average Bonchev–Trinajstić information content (AvgIpc) is 3.32. The second kappa shape index (κ2) is 10.7. The third-order valence-electron chi connectivity index (χ3n) is 6.05. The number of fused-ring (bicyclic) bond motifs is 1. The summed E-state index contributed by atoms with van der Waals surface area (Å²) in [5, 5.41) is 12.1. The molecule has 0 aliphatic carbocycles. The van der Waals surface area contributed by atoms with Crippen molar-refractivity contribution >= 4 is 22.4 Å². The average molecular weight is 477 g/mol. The van der Waals surface area contributed by atoms with Crippen molar-refractivity contribution in [1.82, 2.24) is 15.3 Å². The highest BCUT2D eigenvalue weighted by molar-refractivity contribution is 5.96. The SMILES string of the molecule is CC.CN=Nc1ccc(-c2c[nH]c3ncc(-c4cc(F)c(F)c(N5CCNCC5)c4)cc23)cc1C. The number of nitrogens with one attached hydrogen (secondary N) is 2. The normalized spacial score (nSPS) is 13.8. The van der Waals surface area contributed by atoms with Crippen LogP contribution in [0.4, 0.5) is 20.2 Å². The number of rotatable bonds is 4. The van der Waals surface area contributed by atoms with Crippen molar-refractivity contribution in [3.8, 4) is 22.3 Å². The quantitative estimate of drug-likeness (QED) is 0.325. The Hall–Kier alpha value is -3.65. The van der Waals surface area contributed by atoms with Crippen LogP contribution in [0.2, 0.25) is 0 Å². The van der Waals surface area contributed by atoms with Gasteiger partial charge in [0.25, 0.3) is 0 Å². The Balaban J connectivity index is 0.00000141. The number of H-pyrrole nitrogens is 1. The number of aromatic nitrogens is 2. The van der Waals surface area contributed by atoms with Crippen LogP contribution in [0.5, 0.6) is 0 Å². The first kappa shape index (κ1) is 24.5. The molecular weight excluding hydrogens is 446 g/mol. The number of nitrogens with zero attached hydrogens (tertiary/aromatic N) is 4. The number of anilines is 1. The molecule has 1 aliphatic heterocycles. The molecule has 2 aromatic carbocycles. The first-order valence-corrected chi connectivity index (χ1v) is 11.9. The van der Waals surface area contributed by atoms with Gasteiger partial charge in [0, 0.05) is 62.1 Å². The number of benzene rings is 2. The molecule has 182 valence electrons. The lowest BCUT2D eigenvalue weighted by Crippen LogP contribution is -2.44. The van der Waals surface area contributed by atoms with Crippen molar-refractivity contribution in [2.24, 2.45) is 10.2 Å². The zero-order valence-electron chi connectivity index (χ0n) is 20.5. The molecule has 2 N–H and O–H groups in total. The summed E-state index contributed by atoms with van der Waals surface area (Å²) in [6, 6.07) is 10.9. The molecule has 0 unspecified atom stereocenters. The maximum absolute atomic E-state index is 14.6. The standard InChI is InChI=1S/C25H24F2N6.C2H6/c1-15-9-16(3-4-22(15)32-28-2)20-14-31-25-19(20)10-18(13-30-25)17-11-21(26)24(27)23(12-17)33-7-5-29-6-8-33;1-2/h3-4,9-14,29H,5-8H2,1-2H3,(H,30,31);1-2H3. The molecule has 1 fully saturated rings. The summed E-state index contributed by atoms with van der Waals surface area (Å²) in [5.41, 5.74) is 6.17. The molecule has 0 saturated carbocycles. The van der Waals surface area contributed by atoms with Crippen LogP contribution in [0.1, 0.15) is 19.4 Å². The molecule has 2 aromatic heterocycles. The van der Waals surface area contributed by atoms with Gasteiger partial charge in [-0.25, -0.2) is 13.8 Å². The van der Waals surface area contributed by atoms with Crippen LogP contribution >= 0.6 is 0 Å². The maximum Gasteiger partial charge on any atom is 0.182 e. The lowest BCUT2D eigenvalue weighted by molar-refractivity contribution is 0.500. The van der Waals surface area contributed by atoms with E-state index < -0.39 is 11.6 Å². The zero-order chi connectivity index (χ0) is 24.9. The third kappa shape index (κ3) is 4.93. The van der Waals surface area contributed by atoms with Crippen LogP contribution in [0.3, 0.4) is 0 Å². The van der Waals surface area contributed by atoms with E-state index in [4.69, 9.17) is 0 Å². The Morgan fingerprint density at radius 1 is 0.971 bits per heavy atom. The van der Waals surface area contributed by atoms with E-state index in [2.05, 4.69) is 31.6 Å². The Labute approximate surface area is 204 Å². The first-order chi connectivity index (χ1) is 17.0. The van der Waals surface area contributed by atoms with Crippen LogP contribution in [-0.4, -0.2) is 43.2 Å². The predicted molar refractivity (Wildman–Crippen MR) is 138 cm³/mol. The van der Waals surface area contributed by atoms with Gasteiger partial charge in [0.1, 0.15) is 5.65 Å². The van der Waals surface area contributed by atoms with Crippen molar-refractivity contribution in [2.75, 3.05) is 38.1 Å². The Morgan fingerprint density at radius 2 is 1.74 bits per heavy atom. The molecule has 0 bridgehead atoms. The van der Waals surface area contributed by atoms with Crippen LogP contribution in [-0.2, 0) is 0 Å². The van der Waals surface area contributed by atoms with E-state index in [1.807, 2.05) is 50.1 Å². The fraction of sp³-hybridized carbons (Fsp3) is 0.296. The van der Waals surface area contributed by atoms with Gasteiger partial charge in [0.2, 0.25) is 0 Å². The molecule has 0 amide bonds. The smallest absolute Gasteiger partial charge is 0.182 e. The molecule has 0 atom stereocenters. The molecule has 6 nitrogen and oxygen atoms in total. The summed E-state index contributed by atoms with van der Waals surface area (Å²) in [5.74, 6) is -1.66. The summed E-state index contributed by atoms with van der Waals surface area (Å²) in [6.07, 6.45) is 3.60. The molecule has 35 heavy (non-hydrogen) atoms. The Bertz CT molecular complexity index is 1360. The predicted octanol–water partition coefficient (Wildman–Crippen LogP) is 6.63. The molecule has 3 heterocycles. The van der Waals surface area contributed by atoms with Gasteiger partial charge in [0.15, 0.2) is 11.6 Å². The molecule has 0 radical (unpaired) electrons. The Morgan fingerprint density at radius 3 is 2.46 bits per heavy atom. The van der Waals surface area contributed by atoms with Gasteiger partial charge in [-0.2, -0.15) is 10.2 Å². The van der Waals surface area contributed by atoms with Crippen molar-refractivity contribution in [3.63, 3.8) is 0 Å².